The lowest BCUT2D eigenvalue weighted by Crippen LogP contribution is -2.49. The molecule has 0 spiro atoms. The molecule has 1 amide bonds. The zero-order chi connectivity index (χ0) is 22.0. The Morgan fingerprint density at radius 3 is 2.52 bits per heavy atom. The van der Waals surface area contributed by atoms with Gasteiger partial charge in [0.2, 0.25) is 23.6 Å². The summed E-state index contributed by atoms with van der Waals surface area (Å²) >= 11 is 0. The molecule has 0 bridgehead atoms. The van der Waals surface area contributed by atoms with Crippen LogP contribution in [0.5, 0.6) is 11.6 Å². The van der Waals surface area contributed by atoms with E-state index in [-0.39, 0.29) is 24.0 Å². The molecule has 4 rings (SSSR count). The van der Waals surface area contributed by atoms with Gasteiger partial charge in [0.1, 0.15) is 11.8 Å². The Bertz CT molecular complexity index is 928. The highest BCUT2D eigenvalue weighted by molar-refractivity contribution is 5.73. The predicted octanol–water partition coefficient (Wildman–Crippen LogP) is 0.749. The van der Waals surface area contributed by atoms with Crippen LogP contribution in [0.4, 0.5) is 11.9 Å². The number of ether oxygens (including phenoxy) is 3. The first-order valence-electron chi connectivity index (χ1n) is 10.2. The smallest absolute Gasteiger partial charge is 0.262 e. The van der Waals surface area contributed by atoms with Crippen molar-refractivity contribution in [1.29, 1.82) is 0 Å². The second-order valence-electron chi connectivity index (χ2n) is 7.63. The number of aromatic nitrogens is 4. The van der Waals surface area contributed by atoms with Gasteiger partial charge in [-0.05, 0) is 0 Å². The Balaban J connectivity index is 1.65. The van der Waals surface area contributed by atoms with Crippen molar-refractivity contribution in [1.82, 2.24) is 24.8 Å². The number of nitrogens with zero attached hydrogens (tertiary/aromatic N) is 6. The summed E-state index contributed by atoms with van der Waals surface area (Å²) in [7, 11) is 3.36. The van der Waals surface area contributed by atoms with E-state index in [0.717, 1.165) is 12.8 Å². The SMILES string of the molecule is COc1c(O[C@H]2C[C@H](N(C)C(C)=O)C2)nc(N2CCOCC2)nc1-c1cnc(N)nc1. The van der Waals surface area contributed by atoms with Crippen molar-refractivity contribution in [2.45, 2.75) is 31.9 Å². The van der Waals surface area contributed by atoms with E-state index in [1.54, 1.807) is 31.3 Å². The maximum Gasteiger partial charge on any atom is 0.262 e. The highest BCUT2D eigenvalue weighted by atomic mass is 16.5. The summed E-state index contributed by atoms with van der Waals surface area (Å²) in [5.41, 5.74) is 6.82. The number of carbonyl (C=O) groups excluding carboxylic acids is 1. The minimum atomic E-state index is -0.0661. The summed E-state index contributed by atoms with van der Waals surface area (Å²) in [6.45, 7) is 4.13. The minimum Gasteiger partial charge on any atom is -0.490 e. The Labute approximate surface area is 180 Å². The van der Waals surface area contributed by atoms with E-state index in [0.29, 0.717) is 55.1 Å². The fourth-order valence-electron chi connectivity index (χ4n) is 3.61. The average molecular weight is 429 g/mol. The van der Waals surface area contributed by atoms with Crippen LogP contribution >= 0.6 is 0 Å². The highest BCUT2D eigenvalue weighted by Gasteiger charge is 2.36. The van der Waals surface area contributed by atoms with E-state index in [1.807, 2.05) is 11.9 Å². The first-order chi connectivity index (χ1) is 15.0. The van der Waals surface area contributed by atoms with Gasteiger partial charge >= 0.3 is 0 Å². The van der Waals surface area contributed by atoms with Gasteiger partial charge in [-0.2, -0.15) is 4.98 Å². The standard InChI is InChI=1S/C20H27N7O4/c1-12(28)26(2)14-8-15(9-14)31-18-17(29-3)16(13-10-22-19(21)23-11-13)24-20(25-18)27-4-6-30-7-5-27/h10-11,14-15H,4-9H2,1-3H3,(H2,21,22,23)/t14-,15-. The zero-order valence-corrected chi connectivity index (χ0v) is 17.9. The first kappa shape index (κ1) is 21.0. The van der Waals surface area contributed by atoms with E-state index in [2.05, 4.69) is 15.0 Å². The molecule has 2 N–H and O–H groups in total. The number of methoxy groups -OCH3 is 1. The molecule has 11 nitrogen and oxygen atoms in total. The summed E-state index contributed by atoms with van der Waals surface area (Å²) < 4.78 is 17.3. The van der Waals surface area contributed by atoms with Crippen molar-refractivity contribution in [2.24, 2.45) is 0 Å². The van der Waals surface area contributed by atoms with Gasteiger partial charge in [0, 0.05) is 63.9 Å². The molecular weight excluding hydrogens is 402 g/mol. The van der Waals surface area contributed by atoms with Crippen LogP contribution in [-0.2, 0) is 9.53 Å². The topological polar surface area (TPSA) is 129 Å². The molecule has 2 aromatic rings. The number of nitrogen functional groups attached to an aromatic ring is 1. The molecule has 3 heterocycles. The van der Waals surface area contributed by atoms with Gasteiger partial charge in [0.25, 0.3) is 5.88 Å². The molecule has 2 fully saturated rings. The van der Waals surface area contributed by atoms with Crippen molar-refractivity contribution in [3.8, 4) is 22.9 Å². The Morgan fingerprint density at radius 2 is 1.90 bits per heavy atom. The molecule has 0 atom stereocenters. The molecule has 11 heteroatoms. The monoisotopic (exact) mass is 429 g/mol. The normalized spacial score (nSPS) is 20.7. The fourth-order valence-corrected chi connectivity index (χ4v) is 3.61. The van der Waals surface area contributed by atoms with Crippen LogP contribution in [0.15, 0.2) is 12.4 Å². The number of rotatable bonds is 6. The molecule has 2 aromatic heterocycles. The van der Waals surface area contributed by atoms with Crippen LogP contribution in [-0.4, -0.2) is 83.3 Å². The number of morpholine rings is 1. The quantitative estimate of drug-likeness (QED) is 0.702. The average Bonchev–Trinajstić information content (AvgIpc) is 2.76. The lowest BCUT2D eigenvalue weighted by atomic mass is 9.88. The lowest BCUT2D eigenvalue weighted by molar-refractivity contribution is -0.133. The summed E-state index contributed by atoms with van der Waals surface area (Å²) in [5, 5.41) is 0. The van der Waals surface area contributed by atoms with Gasteiger partial charge in [-0.15, -0.1) is 0 Å². The summed E-state index contributed by atoms with van der Waals surface area (Å²) in [6, 6.07) is 0.166. The molecular formula is C20H27N7O4. The number of carbonyl (C=O) groups is 1. The minimum absolute atomic E-state index is 0.0447. The molecule has 0 radical (unpaired) electrons. The van der Waals surface area contributed by atoms with Crippen molar-refractivity contribution in [2.75, 3.05) is 51.1 Å². The maximum atomic E-state index is 11.6. The van der Waals surface area contributed by atoms with Crippen molar-refractivity contribution < 1.29 is 19.0 Å². The molecule has 31 heavy (non-hydrogen) atoms. The van der Waals surface area contributed by atoms with Gasteiger partial charge in [0.05, 0.1) is 20.3 Å². The lowest BCUT2D eigenvalue weighted by Gasteiger charge is -2.40. The van der Waals surface area contributed by atoms with Gasteiger partial charge in [0.15, 0.2) is 0 Å². The van der Waals surface area contributed by atoms with Gasteiger partial charge in [-0.25, -0.2) is 15.0 Å². The van der Waals surface area contributed by atoms with E-state index in [9.17, 15) is 4.79 Å². The van der Waals surface area contributed by atoms with Crippen LogP contribution in [0.3, 0.4) is 0 Å². The third-order valence-electron chi connectivity index (χ3n) is 5.66. The van der Waals surface area contributed by atoms with E-state index in [4.69, 9.17) is 24.9 Å². The Morgan fingerprint density at radius 1 is 1.23 bits per heavy atom. The fraction of sp³-hybridized carbons (Fsp3) is 0.550. The van der Waals surface area contributed by atoms with Gasteiger partial charge in [-0.1, -0.05) is 0 Å². The second kappa shape index (κ2) is 8.88. The zero-order valence-electron chi connectivity index (χ0n) is 17.9. The van der Waals surface area contributed by atoms with Crippen molar-refractivity contribution in [3.63, 3.8) is 0 Å². The van der Waals surface area contributed by atoms with E-state index in [1.165, 1.54) is 0 Å². The second-order valence-corrected chi connectivity index (χ2v) is 7.63. The van der Waals surface area contributed by atoms with Crippen LogP contribution < -0.4 is 20.1 Å². The molecule has 1 aliphatic heterocycles. The van der Waals surface area contributed by atoms with Crippen LogP contribution in [0, 0.1) is 0 Å². The Kier molecular flexibility index (Phi) is 6.03. The van der Waals surface area contributed by atoms with Crippen molar-refractivity contribution >= 4 is 17.8 Å². The molecule has 166 valence electrons. The summed E-state index contributed by atoms with van der Waals surface area (Å²) in [6.07, 6.45) is 4.60. The molecule has 1 saturated carbocycles. The predicted molar refractivity (Wildman–Crippen MR) is 113 cm³/mol. The third kappa shape index (κ3) is 4.46. The molecule has 0 unspecified atom stereocenters. The number of hydrogen-bond donors (Lipinski definition) is 1. The third-order valence-corrected chi connectivity index (χ3v) is 5.66. The van der Waals surface area contributed by atoms with Crippen molar-refractivity contribution in [3.05, 3.63) is 12.4 Å². The summed E-state index contributed by atoms with van der Waals surface area (Å²) in [4.78, 5) is 32.9. The number of amides is 1. The number of hydrogen-bond acceptors (Lipinski definition) is 10. The molecule has 1 aliphatic carbocycles. The summed E-state index contributed by atoms with van der Waals surface area (Å²) in [5.74, 6) is 1.52. The van der Waals surface area contributed by atoms with Crippen LogP contribution in [0.2, 0.25) is 0 Å². The number of anilines is 2. The highest BCUT2D eigenvalue weighted by Crippen LogP contribution is 2.39. The van der Waals surface area contributed by atoms with Gasteiger partial charge in [-0.3, -0.25) is 4.79 Å². The van der Waals surface area contributed by atoms with Crippen LogP contribution in [0.25, 0.3) is 11.3 Å². The van der Waals surface area contributed by atoms with E-state index >= 15 is 0 Å². The van der Waals surface area contributed by atoms with Gasteiger partial charge < -0.3 is 29.7 Å². The van der Waals surface area contributed by atoms with Crippen LogP contribution in [0.1, 0.15) is 19.8 Å². The largest absolute Gasteiger partial charge is 0.490 e. The molecule has 1 saturated heterocycles. The maximum absolute atomic E-state index is 11.6. The molecule has 2 aliphatic rings. The number of nitrogens with two attached hydrogens (primary N) is 1. The first-order valence-corrected chi connectivity index (χ1v) is 10.2. The Hall–Kier alpha value is -3.21. The van der Waals surface area contributed by atoms with E-state index < -0.39 is 0 Å². The molecule has 0 aromatic carbocycles.